The van der Waals surface area contributed by atoms with E-state index in [1.165, 1.54) is 5.56 Å². The molecule has 0 aliphatic heterocycles. The lowest BCUT2D eigenvalue weighted by atomic mass is 10.1. The summed E-state index contributed by atoms with van der Waals surface area (Å²) >= 11 is 0. The largest absolute Gasteiger partial charge is 0.462 e. The van der Waals surface area contributed by atoms with Gasteiger partial charge >= 0.3 is 5.97 Å². The third-order valence-corrected chi connectivity index (χ3v) is 2.33. The van der Waals surface area contributed by atoms with Crippen molar-refractivity contribution in [3.05, 3.63) is 35.9 Å². The Morgan fingerprint density at radius 1 is 1.22 bits per heavy atom. The van der Waals surface area contributed by atoms with E-state index in [1.54, 1.807) is 0 Å². The van der Waals surface area contributed by atoms with Crippen molar-refractivity contribution in [1.29, 1.82) is 0 Å². The molecule has 0 saturated heterocycles. The standard InChI is InChI=1S/C16H20O2/c1-14(2)18-16(17)13-9-4-3-6-10-15-11-7-5-8-12-15/h5,7-8,11-12,14H,3,6,10,13H2,1-2H3. The lowest BCUT2D eigenvalue weighted by molar-refractivity contribution is -0.146. The normalized spacial score (nSPS) is 9.72. The van der Waals surface area contributed by atoms with E-state index in [-0.39, 0.29) is 18.5 Å². The number of carbonyl (C=O) groups is 1. The topological polar surface area (TPSA) is 26.3 Å². The van der Waals surface area contributed by atoms with Crippen molar-refractivity contribution in [2.75, 3.05) is 0 Å². The van der Waals surface area contributed by atoms with E-state index < -0.39 is 0 Å². The third kappa shape index (κ3) is 6.75. The molecule has 1 aromatic rings. The highest BCUT2D eigenvalue weighted by molar-refractivity contribution is 5.72. The molecule has 0 unspecified atom stereocenters. The SMILES string of the molecule is CC(C)OC(=O)CC#CCCCc1ccccc1. The summed E-state index contributed by atoms with van der Waals surface area (Å²) in [7, 11) is 0. The summed E-state index contributed by atoms with van der Waals surface area (Å²) in [6.45, 7) is 3.68. The van der Waals surface area contributed by atoms with Crippen molar-refractivity contribution in [3.63, 3.8) is 0 Å². The number of hydrogen-bond acceptors (Lipinski definition) is 2. The summed E-state index contributed by atoms with van der Waals surface area (Å²) in [6.07, 6.45) is 3.02. The van der Waals surface area contributed by atoms with Gasteiger partial charge in [-0.1, -0.05) is 36.3 Å². The van der Waals surface area contributed by atoms with Crippen LogP contribution in [0.4, 0.5) is 0 Å². The van der Waals surface area contributed by atoms with Crippen LogP contribution in [0.3, 0.4) is 0 Å². The van der Waals surface area contributed by atoms with Gasteiger partial charge in [-0.2, -0.15) is 0 Å². The molecule has 0 aliphatic carbocycles. The number of benzene rings is 1. The predicted molar refractivity (Wildman–Crippen MR) is 73.0 cm³/mol. The van der Waals surface area contributed by atoms with E-state index in [9.17, 15) is 4.79 Å². The minimum absolute atomic E-state index is 0.0580. The maximum Gasteiger partial charge on any atom is 0.318 e. The van der Waals surface area contributed by atoms with Crippen LogP contribution in [-0.4, -0.2) is 12.1 Å². The van der Waals surface area contributed by atoms with E-state index in [2.05, 4.69) is 24.0 Å². The van der Waals surface area contributed by atoms with E-state index in [0.29, 0.717) is 0 Å². The first-order valence-electron chi connectivity index (χ1n) is 6.37. The fraction of sp³-hybridized carbons (Fsp3) is 0.438. The summed E-state index contributed by atoms with van der Waals surface area (Å²) in [5.74, 6) is 5.63. The molecule has 18 heavy (non-hydrogen) atoms. The lowest BCUT2D eigenvalue weighted by Gasteiger charge is -2.04. The van der Waals surface area contributed by atoms with Gasteiger partial charge in [-0.15, -0.1) is 5.92 Å². The van der Waals surface area contributed by atoms with Gasteiger partial charge in [0.1, 0.15) is 6.42 Å². The molecular formula is C16H20O2. The van der Waals surface area contributed by atoms with Crippen molar-refractivity contribution in [2.24, 2.45) is 0 Å². The Hall–Kier alpha value is -1.75. The number of aryl methyl sites for hydroxylation is 1. The second-order valence-corrected chi connectivity index (χ2v) is 4.41. The summed E-state index contributed by atoms with van der Waals surface area (Å²) in [5, 5.41) is 0. The van der Waals surface area contributed by atoms with Crippen molar-refractivity contribution in [3.8, 4) is 11.8 Å². The van der Waals surface area contributed by atoms with E-state index >= 15 is 0 Å². The van der Waals surface area contributed by atoms with Crippen molar-refractivity contribution in [2.45, 2.75) is 45.6 Å². The van der Waals surface area contributed by atoms with Crippen molar-refractivity contribution < 1.29 is 9.53 Å². The van der Waals surface area contributed by atoms with Gasteiger partial charge in [0.15, 0.2) is 0 Å². The van der Waals surface area contributed by atoms with Crippen LogP contribution in [0.5, 0.6) is 0 Å². The molecule has 0 aromatic heterocycles. The molecule has 2 heteroatoms. The number of carbonyl (C=O) groups excluding carboxylic acids is 1. The molecule has 96 valence electrons. The third-order valence-electron chi connectivity index (χ3n) is 2.33. The minimum Gasteiger partial charge on any atom is -0.462 e. The Morgan fingerprint density at radius 3 is 2.61 bits per heavy atom. The number of hydrogen-bond donors (Lipinski definition) is 0. The molecule has 0 atom stereocenters. The smallest absolute Gasteiger partial charge is 0.318 e. The minimum atomic E-state index is -0.236. The fourth-order valence-electron chi connectivity index (χ4n) is 1.55. The maximum atomic E-state index is 11.2. The summed E-state index contributed by atoms with van der Waals surface area (Å²) in [6, 6.07) is 10.3. The van der Waals surface area contributed by atoms with Crippen LogP contribution in [0.1, 0.15) is 38.7 Å². The zero-order chi connectivity index (χ0) is 13.2. The number of ether oxygens (including phenoxy) is 1. The molecule has 0 amide bonds. The molecule has 0 bridgehead atoms. The van der Waals surface area contributed by atoms with E-state index in [0.717, 1.165) is 19.3 Å². The van der Waals surface area contributed by atoms with Gasteiger partial charge in [-0.25, -0.2) is 0 Å². The highest BCUT2D eigenvalue weighted by Gasteiger charge is 2.01. The Bertz CT molecular complexity index is 410. The Balaban J connectivity index is 2.13. The van der Waals surface area contributed by atoms with E-state index in [1.807, 2.05) is 32.0 Å². The molecule has 1 rings (SSSR count). The van der Waals surface area contributed by atoms with Crippen LogP contribution in [0, 0.1) is 11.8 Å². The summed E-state index contributed by atoms with van der Waals surface area (Å²) < 4.78 is 4.98. The molecule has 0 radical (unpaired) electrons. The average Bonchev–Trinajstić information content (AvgIpc) is 2.34. The lowest BCUT2D eigenvalue weighted by Crippen LogP contribution is -2.10. The maximum absolute atomic E-state index is 11.2. The van der Waals surface area contributed by atoms with Crippen LogP contribution in [0.25, 0.3) is 0 Å². The average molecular weight is 244 g/mol. The second kappa shape index (κ2) is 8.36. The highest BCUT2D eigenvalue weighted by Crippen LogP contribution is 2.03. The molecular weight excluding hydrogens is 224 g/mol. The van der Waals surface area contributed by atoms with E-state index in [4.69, 9.17) is 4.74 Å². The van der Waals surface area contributed by atoms with Gasteiger partial charge in [0.25, 0.3) is 0 Å². The van der Waals surface area contributed by atoms with Gasteiger partial charge in [-0.3, -0.25) is 4.79 Å². The van der Waals surface area contributed by atoms with Gasteiger partial charge in [0, 0.05) is 6.42 Å². The Labute approximate surface area is 109 Å². The Kier molecular flexibility index (Phi) is 6.64. The first kappa shape index (κ1) is 14.3. The van der Waals surface area contributed by atoms with Gasteiger partial charge in [0.2, 0.25) is 0 Å². The molecule has 1 aromatic carbocycles. The van der Waals surface area contributed by atoms with Crippen LogP contribution < -0.4 is 0 Å². The molecule has 0 saturated carbocycles. The van der Waals surface area contributed by atoms with Crippen LogP contribution in [0.15, 0.2) is 30.3 Å². The van der Waals surface area contributed by atoms with Crippen LogP contribution in [0.2, 0.25) is 0 Å². The number of unbranched alkanes of at least 4 members (excludes halogenated alkanes) is 1. The molecule has 2 nitrogen and oxygen atoms in total. The predicted octanol–water partition coefficient (Wildman–Crippen LogP) is 3.35. The monoisotopic (exact) mass is 244 g/mol. The van der Waals surface area contributed by atoms with Gasteiger partial charge in [0.05, 0.1) is 6.10 Å². The molecule has 0 aliphatic rings. The highest BCUT2D eigenvalue weighted by atomic mass is 16.5. The van der Waals surface area contributed by atoms with Gasteiger partial charge < -0.3 is 4.74 Å². The second-order valence-electron chi connectivity index (χ2n) is 4.41. The first-order valence-corrected chi connectivity index (χ1v) is 6.37. The van der Waals surface area contributed by atoms with Gasteiger partial charge in [-0.05, 0) is 32.3 Å². The zero-order valence-electron chi connectivity index (χ0n) is 11.1. The summed E-state index contributed by atoms with van der Waals surface area (Å²) in [4.78, 5) is 11.2. The van der Waals surface area contributed by atoms with Crippen LogP contribution >= 0.6 is 0 Å². The fourth-order valence-corrected chi connectivity index (χ4v) is 1.55. The number of esters is 1. The van der Waals surface area contributed by atoms with Crippen molar-refractivity contribution in [1.82, 2.24) is 0 Å². The first-order chi connectivity index (χ1) is 8.68. The zero-order valence-corrected chi connectivity index (χ0v) is 11.1. The van der Waals surface area contributed by atoms with Crippen LogP contribution in [-0.2, 0) is 16.0 Å². The molecule has 0 spiro atoms. The Morgan fingerprint density at radius 2 is 1.94 bits per heavy atom. The number of rotatable bonds is 5. The molecule has 0 heterocycles. The summed E-state index contributed by atoms with van der Waals surface area (Å²) in [5.41, 5.74) is 1.33. The van der Waals surface area contributed by atoms with Crippen molar-refractivity contribution >= 4 is 5.97 Å². The molecule has 0 fully saturated rings. The molecule has 0 N–H and O–H groups in total. The quantitative estimate of drug-likeness (QED) is 0.451.